The second-order valence-corrected chi connectivity index (χ2v) is 5.39. The molecule has 1 aromatic rings. The zero-order chi connectivity index (χ0) is 17.0. The number of rotatable bonds is 3. The third-order valence-electron chi connectivity index (χ3n) is 3.67. The summed E-state index contributed by atoms with van der Waals surface area (Å²) >= 11 is 0. The standard InChI is InChI=1S/C16H17F3N2O2/c17-16(18,19)14(22)10-13(20)11-4-6-12(7-5-11)15(23)21-8-2-1-3-9-21/h4-7,10H,1-3,8-9,20H2. The minimum absolute atomic E-state index is 0.106. The molecule has 7 heteroatoms. The number of nitrogens with two attached hydrogens (primary N) is 1. The smallest absolute Gasteiger partial charge is 0.398 e. The van der Waals surface area contributed by atoms with Crippen LogP contribution in [0.1, 0.15) is 35.2 Å². The summed E-state index contributed by atoms with van der Waals surface area (Å²) in [5, 5.41) is 0. The van der Waals surface area contributed by atoms with Crippen LogP contribution in [0.4, 0.5) is 13.2 Å². The van der Waals surface area contributed by atoms with Gasteiger partial charge in [0.1, 0.15) is 0 Å². The van der Waals surface area contributed by atoms with Gasteiger partial charge in [0.2, 0.25) is 0 Å². The van der Waals surface area contributed by atoms with Crippen LogP contribution in [0.2, 0.25) is 0 Å². The number of ketones is 1. The first-order chi connectivity index (χ1) is 10.8. The van der Waals surface area contributed by atoms with Crippen LogP contribution in [0.5, 0.6) is 0 Å². The number of allylic oxidation sites excluding steroid dienone is 1. The van der Waals surface area contributed by atoms with Gasteiger partial charge in [0.05, 0.1) is 0 Å². The molecule has 1 aromatic carbocycles. The molecule has 1 saturated heterocycles. The van der Waals surface area contributed by atoms with E-state index in [4.69, 9.17) is 5.73 Å². The molecule has 1 aliphatic heterocycles. The summed E-state index contributed by atoms with van der Waals surface area (Å²) < 4.78 is 36.6. The molecular formula is C16H17F3N2O2. The van der Waals surface area contributed by atoms with Gasteiger partial charge in [-0.1, -0.05) is 12.1 Å². The summed E-state index contributed by atoms with van der Waals surface area (Å²) in [6.07, 6.45) is -1.55. The molecule has 0 aliphatic carbocycles. The molecule has 1 heterocycles. The van der Waals surface area contributed by atoms with E-state index >= 15 is 0 Å². The lowest BCUT2D eigenvalue weighted by atomic mass is 10.1. The monoisotopic (exact) mass is 326 g/mol. The minimum atomic E-state index is -4.95. The summed E-state index contributed by atoms with van der Waals surface area (Å²) in [5.74, 6) is -2.12. The molecule has 0 aromatic heterocycles. The van der Waals surface area contributed by atoms with Gasteiger partial charge in [0.15, 0.2) is 0 Å². The SMILES string of the molecule is NC(=CC(=O)C(F)(F)F)c1ccc(C(=O)N2CCCCC2)cc1. The quantitative estimate of drug-likeness (QED) is 0.869. The Morgan fingerprint density at radius 3 is 2.04 bits per heavy atom. The molecule has 0 bridgehead atoms. The maximum Gasteiger partial charge on any atom is 0.454 e. The van der Waals surface area contributed by atoms with Crippen LogP contribution in [0.3, 0.4) is 0 Å². The Balaban J connectivity index is 2.11. The van der Waals surface area contributed by atoms with E-state index in [0.717, 1.165) is 19.3 Å². The Hall–Kier alpha value is -2.31. The van der Waals surface area contributed by atoms with Gasteiger partial charge in [0.25, 0.3) is 11.7 Å². The van der Waals surface area contributed by atoms with E-state index in [9.17, 15) is 22.8 Å². The van der Waals surface area contributed by atoms with Gasteiger partial charge in [-0.2, -0.15) is 13.2 Å². The van der Waals surface area contributed by atoms with Crippen molar-refractivity contribution in [2.45, 2.75) is 25.4 Å². The number of alkyl halides is 3. The molecule has 1 amide bonds. The number of carbonyl (C=O) groups excluding carboxylic acids is 2. The van der Waals surface area contributed by atoms with Crippen LogP contribution in [-0.4, -0.2) is 35.9 Å². The molecule has 0 atom stereocenters. The van der Waals surface area contributed by atoms with Crippen molar-refractivity contribution in [3.05, 3.63) is 41.5 Å². The molecule has 23 heavy (non-hydrogen) atoms. The first kappa shape index (κ1) is 17.1. The van der Waals surface area contributed by atoms with Gasteiger partial charge in [-0.05, 0) is 37.0 Å². The largest absolute Gasteiger partial charge is 0.454 e. The van der Waals surface area contributed by atoms with Gasteiger partial charge >= 0.3 is 6.18 Å². The van der Waals surface area contributed by atoms with E-state index in [1.165, 1.54) is 24.3 Å². The van der Waals surface area contributed by atoms with Crippen molar-refractivity contribution in [1.82, 2.24) is 4.90 Å². The fourth-order valence-electron chi connectivity index (χ4n) is 2.39. The zero-order valence-electron chi connectivity index (χ0n) is 12.4. The number of nitrogens with zero attached hydrogens (tertiary/aromatic N) is 1. The van der Waals surface area contributed by atoms with Crippen molar-refractivity contribution in [2.24, 2.45) is 5.73 Å². The van der Waals surface area contributed by atoms with Crippen LogP contribution in [0, 0.1) is 0 Å². The highest BCUT2D eigenvalue weighted by molar-refractivity contribution is 6.00. The predicted octanol–water partition coefficient (Wildman–Crippen LogP) is 2.74. The number of amides is 1. The maximum absolute atomic E-state index is 12.3. The molecule has 0 radical (unpaired) electrons. The van der Waals surface area contributed by atoms with Gasteiger partial charge < -0.3 is 10.6 Å². The Kier molecular flexibility index (Phi) is 5.08. The summed E-state index contributed by atoms with van der Waals surface area (Å²) in [6, 6.07) is 5.88. The molecule has 0 unspecified atom stereocenters. The Bertz CT molecular complexity index is 615. The van der Waals surface area contributed by atoms with E-state index in [2.05, 4.69) is 0 Å². The highest BCUT2D eigenvalue weighted by atomic mass is 19.4. The third kappa shape index (κ3) is 4.34. The van der Waals surface area contributed by atoms with Gasteiger partial charge in [0, 0.05) is 30.4 Å². The number of benzene rings is 1. The Morgan fingerprint density at radius 2 is 1.52 bits per heavy atom. The van der Waals surface area contributed by atoms with Gasteiger partial charge in [-0.25, -0.2) is 0 Å². The second-order valence-electron chi connectivity index (χ2n) is 5.39. The molecular weight excluding hydrogens is 309 g/mol. The normalized spacial score (nSPS) is 16.3. The highest BCUT2D eigenvalue weighted by Gasteiger charge is 2.36. The van der Waals surface area contributed by atoms with E-state index in [1.807, 2.05) is 0 Å². The number of piperidine rings is 1. The fourth-order valence-corrected chi connectivity index (χ4v) is 2.39. The van der Waals surface area contributed by atoms with Crippen LogP contribution in [0.25, 0.3) is 5.70 Å². The number of hydrogen-bond acceptors (Lipinski definition) is 3. The summed E-state index contributed by atoms with van der Waals surface area (Å²) in [7, 11) is 0. The summed E-state index contributed by atoms with van der Waals surface area (Å²) in [6.45, 7) is 1.42. The first-order valence-electron chi connectivity index (χ1n) is 7.27. The Morgan fingerprint density at radius 1 is 1.00 bits per heavy atom. The molecule has 4 nitrogen and oxygen atoms in total. The van der Waals surface area contributed by atoms with Gasteiger partial charge in [-0.3, -0.25) is 9.59 Å². The number of halogens is 3. The average molecular weight is 326 g/mol. The first-order valence-corrected chi connectivity index (χ1v) is 7.27. The topological polar surface area (TPSA) is 63.4 Å². The van der Waals surface area contributed by atoms with Crippen molar-refractivity contribution < 1.29 is 22.8 Å². The number of likely N-dealkylation sites (tertiary alicyclic amines) is 1. The van der Waals surface area contributed by atoms with E-state index in [0.29, 0.717) is 24.7 Å². The number of hydrogen-bond donors (Lipinski definition) is 1. The lowest BCUT2D eigenvalue weighted by Gasteiger charge is -2.26. The maximum atomic E-state index is 12.3. The second kappa shape index (κ2) is 6.85. The molecule has 124 valence electrons. The number of carbonyl (C=O) groups is 2. The highest BCUT2D eigenvalue weighted by Crippen LogP contribution is 2.20. The third-order valence-corrected chi connectivity index (χ3v) is 3.67. The summed E-state index contributed by atoms with van der Waals surface area (Å²) in [4.78, 5) is 24.9. The zero-order valence-corrected chi connectivity index (χ0v) is 12.4. The van der Waals surface area contributed by atoms with Crippen molar-refractivity contribution in [3.8, 4) is 0 Å². The van der Waals surface area contributed by atoms with Gasteiger partial charge in [-0.15, -0.1) is 0 Å². The van der Waals surface area contributed by atoms with Crippen LogP contribution < -0.4 is 5.73 Å². The molecule has 2 N–H and O–H groups in total. The molecule has 2 rings (SSSR count). The lowest BCUT2D eigenvalue weighted by molar-refractivity contribution is -0.165. The van der Waals surface area contributed by atoms with Crippen LogP contribution in [-0.2, 0) is 4.79 Å². The van der Waals surface area contributed by atoms with E-state index < -0.39 is 12.0 Å². The molecule has 1 fully saturated rings. The predicted molar refractivity (Wildman–Crippen MR) is 79.4 cm³/mol. The lowest BCUT2D eigenvalue weighted by Crippen LogP contribution is -2.35. The molecule has 1 aliphatic rings. The molecule has 0 saturated carbocycles. The van der Waals surface area contributed by atoms with E-state index in [-0.39, 0.29) is 17.2 Å². The van der Waals surface area contributed by atoms with Crippen LogP contribution >= 0.6 is 0 Å². The van der Waals surface area contributed by atoms with Crippen molar-refractivity contribution in [1.29, 1.82) is 0 Å². The minimum Gasteiger partial charge on any atom is -0.398 e. The van der Waals surface area contributed by atoms with Crippen molar-refractivity contribution >= 4 is 17.4 Å². The van der Waals surface area contributed by atoms with E-state index in [1.54, 1.807) is 4.90 Å². The summed E-state index contributed by atoms with van der Waals surface area (Å²) in [5.41, 5.74) is 5.93. The fraction of sp³-hybridized carbons (Fsp3) is 0.375. The molecule has 0 spiro atoms. The Labute approximate surface area is 131 Å². The van der Waals surface area contributed by atoms with Crippen molar-refractivity contribution in [3.63, 3.8) is 0 Å². The van der Waals surface area contributed by atoms with Crippen LogP contribution in [0.15, 0.2) is 30.3 Å². The average Bonchev–Trinajstić information content (AvgIpc) is 2.54. The van der Waals surface area contributed by atoms with Crippen molar-refractivity contribution in [2.75, 3.05) is 13.1 Å².